The first kappa shape index (κ1) is 23.7. The van der Waals surface area contributed by atoms with E-state index in [0.717, 1.165) is 12.1 Å². The second-order valence-corrected chi connectivity index (χ2v) is 20.2. The molecule has 1 aliphatic heterocycles. The quantitative estimate of drug-likeness (QED) is 0.287. The lowest BCUT2D eigenvalue weighted by Crippen LogP contribution is -2.50. The van der Waals surface area contributed by atoms with Gasteiger partial charge in [0.05, 0.1) is 12.3 Å². The number of cyclic esters (lactones) is 2. The lowest BCUT2D eigenvalue weighted by Gasteiger charge is -2.39. The van der Waals surface area contributed by atoms with E-state index < -0.39 is 31.4 Å². The van der Waals surface area contributed by atoms with E-state index in [1.165, 1.54) is 0 Å². The van der Waals surface area contributed by atoms with E-state index in [-0.39, 0.29) is 23.8 Å². The van der Waals surface area contributed by atoms with Crippen molar-refractivity contribution in [2.45, 2.75) is 63.6 Å². The number of hydrogen-bond acceptors (Lipinski definition) is 7. The van der Waals surface area contributed by atoms with E-state index >= 15 is 0 Å². The maximum Gasteiger partial charge on any atom is 0.499 e. The maximum absolute atomic E-state index is 11.7. The van der Waals surface area contributed by atoms with Gasteiger partial charge in [0.25, 0.3) is 0 Å². The van der Waals surface area contributed by atoms with E-state index in [1.807, 2.05) is 0 Å². The predicted octanol–water partition coefficient (Wildman–Crippen LogP) is 3.16. The molecular formula is C16H34O7Si3. The number of rotatable bonds is 11. The number of hydrogen-bond donors (Lipinski definition) is 0. The summed E-state index contributed by atoms with van der Waals surface area (Å²) in [5, 5.41) is 0. The zero-order chi connectivity index (χ0) is 20.2. The minimum absolute atomic E-state index is 0.193. The van der Waals surface area contributed by atoms with Gasteiger partial charge in [0.1, 0.15) is 0 Å². The highest BCUT2D eigenvalue weighted by Gasteiger charge is 2.44. The van der Waals surface area contributed by atoms with Crippen LogP contribution in [0.25, 0.3) is 0 Å². The Morgan fingerprint density at radius 3 is 2.00 bits per heavy atom. The summed E-state index contributed by atoms with van der Waals surface area (Å²) in [5.41, 5.74) is 0.243. The fourth-order valence-corrected chi connectivity index (χ4v) is 15.8. The van der Waals surface area contributed by atoms with Gasteiger partial charge in [-0.25, -0.2) is 0 Å². The molecule has 0 aliphatic carbocycles. The topological polar surface area (TPSA) is 80.3 Å². The van der Waals surface area contributed by atoms with E-state index in [4.69, 9.17) is 17.4 Å². The van der Waals surface area contributed by atoms with Crippen molar-refractivity contribution in [3.8, 4) is 0 Å². The first-order chi connectivity index (χ1) is 11.9. The predicted molar refractivity (Wildman–Crippen MR) is 106 cm³/mol. The van der Waals surface area contributed by atoms with Crippen LogP contribution in [0.3, 0.4) is 0 Å². The number of esters is 2. The smallest absolute Gasteiger partial charge is 0.455 e. The van der Waals surface area contributed by atoms with Crippen LogP contribution in [-0.2, 0) is 31.7 Å². The molecule has 0 aromatic rings. The van der Waals surface area contributed by atoms with E-state index in [9.17, 15) is 9.59 Å². The van der Waals surface area contributed by atoms with Gasteiger partial charge in [-0.05, 0) is 44.2 Å². The van der Waals surface area contributed by atoms with E-state index in [2.05, 4.69) is 37.8 Å². The standard InChI is InChI=1S/C16H34O7Si3/c1-13(11-14-12-15(17)22-16(14)18)25(7,8)23-24(5,6)9-10-26(19-2,20-3)21-4/h13-14H,9-12H2,1-8H3. The minimum Gasteiger partial charge on any atom is -0.455 e. The second-order valence-electron chi connectivity index (χ2n) is 8.09. The van der Waals surface area contributed by atoms with Gasteiger partial charge in [0.2, 0.25) is 0 Å². The first-order valence-electron chi connectivity index (χ1n) is 9.00. The zero-order valence-corrected chi connectivity index (χ0v) is 20.3. The highest BCUT2D eigenvalue weighted by molar-refractivity contribution is 6.86. The largest absolute Gasteiger partial charge is 0.499 e. The van der Waals surface area contributed by atoms with Gasteiger partial charge in [0.15, 0.2) is 16.6 Å². The molecule has 0 spiro atoms. The molecule has 1 heterocycles. The van der Waals surface area contributed by atoms with Crippen LogP contribution in [0.4, 0.5) is 0 Å². The molecule has 152 valence electrons. The SMILES string of the molecule is CO[Si](CC[Si](C)(C)O[Si](C)(C)C(C)CC1CC(=O)OC1=O)(OC)OC. The molecule has 10 heteroatoms. The highest BCUT2D eigenvalue weighted by atomic mass is 28.4. The van der Waals surface area contributed by atoms with Gasteiger partial charge < -0.3 is 22.1 Å². The minimum atomic E-state index is -2.60. The first-order valence-corrected chi connectivity index (χ1v) is 17.0. The van der Waals surface area contributed by atoms with Crippen molar-refractivity contribution in [2.24, 2.45) is 5.92 Å². The van der Waals surface area contributed by atoms with Crippen molar-refractivity contribution < 1.29 is 31.7 Å². The molecule has 7 nitrogen and oxygen atoms in total. The fourth-order valence-electron chi connectivity index (χ4n) is 3.29. The third-order valence-electron chi connectivity index (χ3n) is 5.29. The molecule has 1 aliphatic rings. The molecule has 1 fully saturated rings. The Bertz CT molecular complexity index is 498. The second kappa shape index (κ2) is 9.22. The molecule has 0 bridgehead atoms. The van der Waals surface area contributed by atoms with Crippen molar-refractivity contribution in [2.75, 3.05) is 21.3 Å². The molecular weight excluding hydrogens is 388 g/mol. The van der Waals surface area contributed by atoms with Crippen LogP contribution in [0.1, 0.15) is 19.8 Å². The molecule has 0 radical (unpaired) electrons. The van der Waals surface area contributed by atoms with Crippen LogP contribution < -0.4 is 0 Å². The number of ether oxygens (including phenoxy) is 1. The van der Waals surface area contributed by atoms with Gasteiger partial charge in [-0.2, -0.15) is 0 Å². The normalized spacial score (nSPS) is 20.4. The monoisotopic (exact) mass is 422 g/mol. The van der Waals surface area contributed by atoms with Crippen molar-refractivity contribution >= 4 is 37.4 Å². The molecule has 2 atom stereocenters. The van der Waals surface area contributed by atoms with E-state index in [0.29, 0.717) is 6.42 Å². The molecule has 0 saturated carbocycles. The van der Waals surface area contributed by atoms with Gasteiger partial charge in [0, 0.05) is 27.4 Å². The Morgan fingerprint density at radius 2 is 1.58 bits per heavy atom. The van der Waals surface area contributed by atoms with Crippen molar-refractivity contribution in [1.29, 1.82) is 0 Å². The molecule has 1 saturated heterocycles. The highest BCUT2D eigenvalue weighted by Crippen LogP contribution is 2.36. The summed E-state index contributed by atoms with van der Waals surface area (Å²) in [7, 11) is -1.76. The molecule has 0 N–H and O–H groups in total. The number of carbonyl (C=O) groups excluding carboxylic acids is 2. The Labute approximate surface area is 160 Å². The van der Waals surface area contributed by atoms with Crippen molar-refractivity contribution in [3.63, 3.8) is 0 Å². The third kappa shape index (κ3) is 6.36. The molecule has 0 aromatic carbocycles. The van der Waals surface area contributed by atoms with E-state index in [1.54, 1.807) is 21.3 Å². The summed E-state index contributed by atoms with van der Waals surface area (Å²) in [5.74, 6) is -1.13. The Hall–Kier alpha value is -0.369. The van der Waals surface area contributed by atoms with Crippen LogP contribution in [-0.4, -0.2) is 58.7 Å². The molecule has 0 amide bonds. The number of carbonyl (C=O) groups is 2. The lowest BCUT2D eigenvalue weighted by atomic mass is 10.0. The van der Waals surface area contributed by atoms with Crippen LogP contribution in [0.2, 0.25) is 43.8 Å². The summed E-state index contributed by atoms with van der Waals surface area (Å²) < 4.78 is 27.9. The molecule has 2 unspecified atom stereocenters. The van der Waals surface area contributed by atoms with Crippen LogP contribution >= 0.6 is 0 Å². The van der Waals surface area contributed by atoms with Gasteiger partial charge in [-0.1, -0.05) is 6.92 Å². The Kier molecular flexibility index (Phi) is 8.39. The zero-order valence-electron chi connectivity index (χ0n) is 17.3. The summed E-state index contributed by atoms with van der Waals surface area (Å²) in [4.78, 5) is 23.0. The average molecular weight is 423 g/mol. The maximum atomic E-state index is 11.7. The van der Waals surface area contributed by atoms with Gasteiger partial charge >= 0.3 is 20.7 Å². The third-order valence-corrected chi connectivity index (χ3v) is 16.9. The van der Waals surface area contributed by atoms with Crippen molar-refractivity contribution in [3.05, 3.63) is 0 Å². The van der Waals surface area contributed by atoms with Crippen LogP contribution in [0, 0.1) is 5.92 Å². The Morgan fingerprint density at radius 1 is 1.04 bits per heavy atom. The molecule has 1 rings (SSSR count). The van der Waals surface area contributed by atoms with Crippen LogP contribution in [0.15, 0.2) is 0 Å². The van der Waals surface area contributed by atoms with Gasteiger partial charge in [-0.15, -0.1) is 0 Å². The van der Waals surface area contributed by atoms with Crippen molar-refractivity contribution in [1.82, 2.24) is 0 Å². The molecule has 26 heavy (non-hydrogen) atoms. The summed E-state index contributed by atoms with van der Waals surface area (Å²) in [6.07, 6.45) is 0.833. The average Bonchev–Trinajstić information content (AvgIpc) is 2.85. The lowest BCUT2D eigenvalue weighted by molar-refractivity contribution is -0.153. The summed E-state index contributed by atoms with van der Waals surface area (Å²) in [6, 6.07) is 1.60. The Balaban J connectivity index is 2.67. The summed E-state index contributed by atoms with van der Waals surface area (Å²) in [6.45, 7) is 10.9. The van der Waals surface area contributed by atoms with Crippen LogP contribution in [0.5, 0.6) is 0 Å². The van der Waals surface area contributed by atoms with Gasteiger partial charge in [-0.3, -0.25) is 9.59 Å². The fraction of sp³-hybridized carbons (Fsp3) is 0.875. The summed E-state index contributed by atoms with van der Waals surface area (Å²) >= 11 is 0. The molecule has 0 aromatic heterocycles.